The van der Waals surface area contributed by atoms with E-state index in [0.717, 1.165) is 3.12 Å². The maximum absolute atomic E-state index is 11.7. The van der Waals surface area contributed by atoms with E-state index in [0.29, 0.717) is 0 Å². The molecule has 5 heteroatoms. The third kappa shape index (κ3) is 5.30. The Bertz CT molecular complexity index is 406. The van der Waals surface area contributed by atoms with Gasteiger partial charge in [0.2, 0.25) is 0 Å². The van der Waals surface area contributed by atoms with Crippen LogP contribution in [0.25, 0.3) is 0 Å². The Morgan fingerprint density at radius 2 is 1.32 bits per heavy atom. The molecule has 0 fully saturated rings. The topological polar surface area (TPSA) is 52.6 Å². The second kappa shape index (κ2) is 7.62. The fraction of sp³-hybridized carbons (Fsp3) is 0.429. The fourth-order valence-electron chi connectivity index (χ4n) is 1.25. The first kappa shape index (κ1) is 16.1. The average molecular weight is 456 g/mol. The van der Waals surface area contributed by atoms with Crippen molar-refractivity contribution in [1.29, 1.82) is 0 Å². The molecule has 0 atom stereocenters. The van der Waals surface area contributed by atoms with Crippen LogP contribution in [0.3, 0.4) is 0 Å². The Hall–Kier alpha value is -0.918. The Morgan fingerprint density at radius 3 is 1.68 bits per heavy atom. The van der Waals surface area contributed by atoms with E-state index < -0.39 is 23.6 Å². The summed E-state index contributed by atoms with van der Waals surface area (Å²) in [5.41, 5.74) is 0. The third-order valence-electron chi connectivity index (χ3n) is 2.46. The van der Waals surface area contributed by atoms with E-state index in [-0.39, 0.29) is 23.8 Å². The van der Waals surface area contributed by atoms with E-state index in [1.165, 1.54) is 0 Å². The Kier molecular flexibility index (Phi) is 6.47. The van der Waals surface area contributed by atoms with E-state index in [1.807, 2.05) is 30.3 Å². The van der Waals surface area contributed by atoms with Crippen molar-refractivity contribution < 1.29 is 15.0 Å². The molecule has 0 aliphatic carbocycles. The molecule has 0 aliphatic heterocycles. The third-order valence-corrected chi connectivity index (χ3v) is 9.54. The molecule has 0 spiro atoms. The SMILES string of the molecule is CC(C)C(=O)[O][Tl]([O]C(=O)C(C)C)[c]1ccccc1. The maximum atomic E-state index is 11.7. The van der Waals surface area contributed by atoms with Crippen LogP contribution in [0, 0.1) is 11.8 Å². The molecule has 0 aromatic heterocycles. The summed E-state index contributed by atoms with van der Waals surface area (Å²) in [4.78, 5) is 23.4. The molecule has 102 valence electrons. The molecule has 0 heterocycles. The van der Waals surface area contributed by atoms with Gasteiger partial charge in [0.15, 0.2) is 0 Å². The second-order valence-electron chi connectivity index (χ2n) is 4.93. The van der Waals surface area contributed by atoms with Gasteiger partial charge in [-0.15, -0.1) is 0 Å². The summed E-state index contributed by atoms with van der Waals surface area (Å²) in [5, 5.41) is 0. The normalized spacial score (nSPS) is 10.4. The van der Waals surface area contributed by atoms with Gasteiger partial charge < -0.3 is 0 Å². The minimum atomic E-state index is -3.44. The van der Waals surface area contributed by atoms with Crippen molar-refractivity contribution in [1.82, 2.24) is 0 Å². The first-order chi connectivity index (χ1) is 8.91. The van der Waals surface area contributed by atoms with Crippen molar-refractivity contribution in [2.45, 2.75) is 27.7 Å². The Balaban J connectivity index is 2.85. The molecule has 0 saturated carbocycles. The summed E-state index contributed by atoms with van der Waals surface area (Å²) < 4.78 is 11.8. The van der Waals surface area contributed by atoms with Gasteiger partial charge in [0.25, 0.3) is 0 Å². The molecule has 0 radical (unpaired) electrons. The number of benzene rings is 1. The molecule has 4 nitrogen and oxygen atoms in total. The van der Waals surface area contributed by atoms with E-state index in [4.69, 9.17) is 5.37 Å². The molecule has 19 heavy (non-hydrogen) atoms. The Morgan fingerprint density at radius 1 is 0.895 bits per heavy atom. The van der Waals surface area contributed by atoms with Gasteiger partial charge in [0.05, 0.1) is 0 Å². The first-order valence-electron chi connectivity index (χ1n) is 6.37. The zero-order valence-electron chi connectivity index (χ0n) is 11.8. The fourth-order valence-corrected chi connectivity index (χ4v) is 8.34. The van der Waals surface area contributed by atoms with Gasteiger partial charge >= 0.3 is 123 Å². The minimum absolute atomic E-state index is 0.219. The summed E-state index contributed by atoms with van der Waals surface area (Å²) in [7, 11) is 0. The molecule has 0 aliphatic rings. The zero-order valence-corrected chi connectivity index (χ0v) is 16.2. The summed E-state index contributed by atoms with van der Waals surface area (Å²) >= 11 is -3.44. The van der Waals surface area contributed by atoms with Crippen molar-refractivity contribution in [3.05, 3.63) is 30.3 Å². The molecule has 0 amide bonds. The van der Waals surface area contributed by atoms with Crippen LogP contribution in [0.1, 0.15) is 27.7 Å². The monoisotopic (exact) mass is 456 g/mol. The van der Waals surface area contributed by atoms with E-state index in [9.17, 15) is 9.59 Å². The predicted molar refractivity (Wildman–Crippen MR) is 73.7 cm³/mol. The van der Waals surface area contributed by atoms with Gasteiger partial charge in [-0.2, -0.15) is 0 Å². The number of hydrogen-bond acceptors (Lipinski definition) is 4. The van der Waals surface area contributed by atoms with Crippen LogP contribution in [0.15, 0.2) is 30.3 Å². The first-order valence-corrected chi connectivity index (χ1v) is 12.3. The second-order valence-corrected chi connectivity index (χ2v) is 11.9. The van der Waals surface area contributed by atoms with Crippen LogP contribution in [-0.4, -0.2) is 35.5 Å². The van der Waals surface area contributed by atoms with Crippen LogP contribution in [-0.2, 0) is 15.0 Å². The summed E-state index contributed by atoms with van der Waals surface area (Å²) in [6.45, 7) is 7.07. The van der Waals surface area contributed by atoms with Crippen LogP contribution in [0.4, 0.5) is 0 Å². The predicted octanol–water partition coefficient (Wildman–Crippen LogP) is 1.78. The number of hydrogen-bond donors (Lipinski definition) is 0. The van der Waals surface area contributed by atoms with Crippen LogP contribution < -0.4 is 3.12 Å². The van der Waals surface area contributed by atoms with Crippen LogP contribution in [0.2, 0.25) is 0 Å². The zero-order chi connectivity index (χ0) is 14.4. The van der Waals surface area contributed by atoms with Crippen LogP contribution >= 0.6 is 0 Å². The molecule has 1 aromatic carbocycles. The summed E-state index contributed by atoms with van der Waals surface area (Å²) in [6, 6.07) is 9.30. The van der Waals surface area contributed by atoms with Gasteiger partial charge in [-0.3, -0.25) is 0 Å². The summed E-state index contributed by atoms with van der Waals surface area (Å²) in [6.07, 6.45) is 0. The number of carbonyl (C=O) groups is 2. The van der Waals surface area contributed by atoms with E-state index >= 15 is 0 Å². The van der Waals surface area contributed by atoms with Crippen molar-refractivity contribution in [3.8, 4) is 0 Å². The molecule has 0 unspecified atom stereocenters. The molecule has 0 bridgehead atoms. The van der Waals surface area contributed by atoms with Crippen LogP contribution in [0.5, 0.6) is 0 Å². The van der Waals surface area contributed by atoms with Crippen molar-refractivity contribution in [2.75, 3.05) is 0 Å². The molecule has 0 saturated heterocycles. The van der Waals surface area contributed by atoms with Gasteiger partial charge in [0, 0.05) is 0 Å². The van der Waals surface area contributed by atoms with Crippen molar-refractivity contribution in [2.24, 2.45) is 11.8 Å². The van der Waals surface area contributed by atoms with E-state index in [2.05, 4.69) is 0 Å². The van der Waals surface area contributed by atoms with Gasteiger partial charge in [0.1, 0.15) is 0 Å². The summed E-state index contributed by atoms with van der Waals surface area (Å²) in [5.74, 6) is -1.04. The van der Waals surface area contributed by atoms with Crippen molar-refractivity contribution in [3.63, 3.8) is 0 Å². The molecule has 0 N–H and O–H groups in total. The molecule has 1 aromatic rings. The van der Waals surface area contributed by atoms with Crippen molar-refractivity contribution >= 4 is 38.7 Å². The number of carbonyl (C=O) groups excluding carboxylic acids is 2. The molecule has 1 rings (SSSR count). The molecular formula is C14H19O4Tl. The van der Waals surface area contributed by atoms with Gasteiger partial charge in [-0.1, -0.05) is 0 Å². The average Bonchev–Trinajstić information content (AvgIpc) is 2.38. The number of rotatable bonds is 5. The van der Waals surface area contributed by atoms with E-state index in [1.54, 1.807) is 27.7 Å². The quantitative estimate of drug-likeness (QED) is 0.635. The standard InChI is InChI=1S/C6H5.2C4H8O2.Tl/c1-2-4-6-5-3-1;2*1-3(2)4(5)6;/h1-5H;2*3H,1-2H3,(H,5,6);/q;;;+2/p-2. The molecular weight excluding hydrogens is 437 g/mol. The van der Waals surface area contributed by atoms with Gasteiger partial charge in [-0.05, 0) is 0 Å². The van der Waals surface area contributed by atoms with Gasteiger partial charge in [-0.25, -0.2) is 0 Å². The Labute approximate surface area is 123 Å².